The van der Waals surface area contributed by atoms with E-state index in [0.717, 1.165) is 35.8 Å². The van der Waals surface area contributed by atoms with E-state index in [4.69, 9.17) is 22.3 Å². The van der Waals surface area contributed by atoms with Crippen molar-refractivity contribution in [2.75, 3.05) is 24.5 Å². The summed E-state index contributed by atoms with van der Waals surface area (Å²) in [4.78, 5) is 11.3. The minimum Gasteiger partial charge on any atom is -0.341 e. The van der Waals surface area contributed by atoms with Gasteiger partial charge in [-0.2, -0.15) is 0 Å². The second kappa shape index (κ2) is 6.52. The monoisotopic (exact) mass is 373 g/mol. The second-order valence-corrected chi connectivity index (χ2v) is 7.37. The Labute approximate surface area is 156 Å². The first kappa shape index (κ1) is 17.2. The molecule has 26 heavy (non-hydrogen) atoms. The standard InChI is InChI=1S/C19H21ClFN5/c1-11-5-13(3-4-15(11)21)10-26-16-6-12(2)23-18(20)17(16)24-19(26)25-8-14(7-22)9-25/h3-6,14H,7-10,22H2,1-2H3. The molecule has 1 aliphatic rings. The summed E-state index contributed by atoms with van der Waals surface area (Å²) in [5.74, 6) is 1.16. The van der Waals surface area contributed by atoms with Gasteiger partial charge in [-0.3, -0.25) is 0 Å². The quantitative estimate of drug-likeness (QED) is 0.713. The highest BCUT2D eigenvalue weighted by molar-refractivity contribution is 6.33. The lowest BCUT2D eigenvalue weighted by molar-refractivity contribution is 0.409. The van der Waals surface area contributed by atoms with Crippen molar-refractivity contribution in [3.05, 3.63) is 52.1 Å². The average molecular weight is 374 g/mol. The van der Waals surface area contributed by atoms with Gasteiger partial charge in [-0.15, -0.1) is 0 Å². The zero-order valence-electron chi connectivity index (χ0n) is 14.8. The van der Waals surface area contributed by atoms with Crippen molar-refractivity contribution >= 4 is 28.6 Å². The highest BCUT2D eigenvalue weighted by Crippen LogP contribution is 2.31. The topological polar surface area (TPSA) is 60.0 Å². The van der Waals surface area contributed by atoms with Gasteiger partial charge in [0.15, 0.2) is 5.15 Å². The number of rotatable bonds is 4. The third-order valence-electron chi connectivity index (χ3n) is 4.94. The van der Waals surface area contributed by atoms with E-state index < -0.39 is 0 Å². The number of benzene rings is 1. The van der Waals surface area contributed by atoms with E-state index >= 15 is 0 Å². The van der Waals surface area contributed by atoms with E-state index in [9.17, 15) is 4.39 Å². The Morgan fingerprint density at radius 3 is 2.69 bits per heavy atom. The average Bonchev–Trinajstić information content (AvgIpc) is 2.89. The van der Waals surface area contributed by atoms with E-state index in [1.165, 1.54) is 6.07 Å². The van der Waals surface area contributed by atoms with Gasteiger partial charge in [-0.05, 0) is 43.7 Å². The van der Waals surface area contributed by atoms with E-state index in [0.29, 0.717) is 35.2 Å². The maximum atomic E-state index is 13.6. The molecule has 1 aromatic carbocycles. The fourth-order valence-corrected chi connectivity index (χ4v) is 3.73. The number of nitrogens with two attached hydrogens (primary N) is 1. The Bertz CT molecular complexity index is 978. The van der Waals surface area contributed by atoms with Crippen LogP contribution in [0.1, 0.15) is 16.8 Å². The number of anilines is 1. The van der Waals surface area contributed by atoms with Crippen LogP contribution in [0.2, 0.25) is 5.15 Å². The summed E-state index contributed by atoms with van der Waals surface area (Å²) in [6, 6.07) is 7.19. The van der Waals surface area contributed by atoms with Gasteiger partial charge in [0.2, 0.25) is 5.95 Å². The van der Waals surface area contributed by atoms with Crippen molar-refractivity contribution in [2.24, 2.45) is 11.7 Å². The van der Waals surface area contributed by atoms with Crippen LogP contribution in [0, 0.1) is 25.6 Å². The fourth-order valence-electron chi connectivity index (χ4n) is 3.46. The molecule has 1 saturated heterocycles. The number of hydrogen-bond acceptors (Lipinski definition) is 4. The number of aromatic nitrogens is 3. The largest absolute Gasteiger partial charge is 0.341 e. The summed E-state index contributed by atoms with van der Waals surface area (Å²) in [6.07, 6.45) is 0. The van der Waals surface area contributed by atoms with Crippen molar-refractivity contribution in [1.82, 2.24) is 14.5 Å². The Kier molecular flexibility index (Phi) is 4.32. The van der Waals surface area contributed by atoms with Crippen LogP contribution in [-0.2, 0) is 6.54 Å². The molecule has 2 N–H and O–H groups in total. The molecule has 3 heterocycles. The van der Waals surface area contributed by atoms with Gasteiger partial charge in [0.05, 0.1) is 12.1 Å². The van der Waals surface area contributed by atoms with Crippen LogP contribution in [0.25, 0.3) is 11.0 Å². The number of aryl methyl sites for hydroxylation is 2. The van der Waals surface area contributed by atoms with Crippen LogP contribution in [0.4, 0.5) is 10.3 Å². The lowest BCUT2D eigenvalue weighted by atomic mass is 10.0. The Morgan fingerprint density at radius 2 is 2.00 bits per heavy atom. The van der Waals surface area contributed by atoms with E-state index in [2.05, 4.69) is 14.5 Å². The maximum Gasteiger partial charge on any atom is 0.206 e. The Morgan fingerprint density at radius 1 is 1.23 bits per heavy atom. The van der Waals surface area contributed by atoms with Gasteiger partial charge >= 0.3 is 0 Å². The van der Waals surface area contributed by atoms with Crippen molar-refractivity contribution in [2.45, 2.75) is 20.4 Å². The van der Waals surface area contributed by atoms with Gasteiger partial charge in [-0.25, -0.2) is 14.4 Å². The van der Waals surface area contributed by atoms with Crippen LogP contribution in [0.5, 0.6) is 0 Å². The molecule has 0 saturated carbocycles. The SMILES string of the molecule is Cc1cc2c(nc(N3CC(CN)C3)n2Cc2ccc(F)c(C)c2)c(Cl)n1. The summed E-state index contributed by atoms with van der Waals surface area (Å²) in [6.45, 7) is 6.72. The van der Waals surface area contributed by atoms with E-state index in [-0.39, 0.29) is 5.82 Å². The number of pyridine rings is 1. The molecule has 0 unspecified atom stereocenters. The van der Waals surface area contributed by atoms with Crippen LogP contribution >= 0.6 is 11.6 Å². The first-order chi connectivity index (χ1) is 12.5. The molecule has 3 aromatic rings. The van der Waals surface area contributed by atoms with Gasteiger partial charge in [0.25, 0.3) is 0 Å². The third kappa shape index (κ3) is 2.93. The molecule has 0 aliphatic carbocycles. The number of fused-ring (bicyclic) bond motifs is 1. The Hall–Kier alpha value is -2.18. The lowest BCUT2D eigenvalue weighted by Gasteiger charge is -2.39. The summed E-state index contributed by atoms with van der Waals surface area (Å²) in [5.41, 5.74) is 9.90. The van der Waals surface area contributed by atoms with Crippen molar-refractivity contribution in [3.8, 4) is 0 Å². The zero-order valence-corrected chi connectivity index (χ0v) is 15.6. The lowest BCUT2D eigenvalue weighted by Crippen LogP contribution is -2.51. The van der Waals surface area contributed by atoms with E-state index in [1.807, 2.05) is 25.1 Å². The predicted molar refractivity (Wildman–Crippen MR) is 102 cm³/mol. The zero-order chi connectivity index (χ0) is 18.4. The normalized spacial score (nSPS) is 14.9. The molecule has 0 bridgehead atoms. The molecular weight excluding hydrogens is 353 g/mol. The summed E-state index contributed by atoms with van der Waals surface area (Å²) in [7, 11) is 0. The third-order valence-corrected chi connectivity index (χ3v) is 5.20. The van der Waals surface area contributed by atoms with Crippen molar-refractivity contribution < 1.29 is 4.39 Å². The summed E-state index contributed by atoms with van der Waals surface area (Å²) in [5, 5.41) is 0.409. The number of nitrogens with zero attached hydrogens (tertiary/aromatic N) is 4. The number of imidazole rings is 1. The molecule has 1 fully saturated rings. The molecule has 0 atom stereocenters. The molecule has 2 aromatic heterocycles. The molecule has 0 amide bonds. The van der Waals surface area contributed by atoms with E-state index in [1.54, 1.807) is 6.92 Å². The molecule has 4 rings (SSSR count). The fraction of sp³-hybridized carbons (Fsp3) is 0.368. The van der Waals surface area contributed by atoms with Crippen LogP contribution in [0.15, 0.2) is 24.3 Å². The van der Waals surface area contributed by atoms with Crippen LogP contribution in [-0.4, -0.2) is 34.2 Å². The number of halogens is 2. The minimum atomic E-state index is -0.193. The van der Waals surface area contributed by atoms with Gasteiger partial charge in [0, 0.05) is 24.7 Å². The Balaban J connectivity index is 1.80. The van der Waals surface area contributed by atoms with Gasteiger partial charge in [-0.1, -0.05) is 23.7 Å². The van der Waals surface area contributed by atoms with Gasteiger partial charge in [0.1, 0.15) is 11.3 Å². The second-order valence-electron chi connectivity index (χ2n) is 7.01. The van der Waals surface area contributed by atoms with Crippen molar-refractivity contribution in [3.63, 3.8) is 0 Å². The molecular formula is C19H21ClFN5. The minimum absolute atomic E-state index is 0.193. The molecule has 0 spiro atoms. The summed E-state index contributed by atoms with van der Waals surface area (Å²) < 4.78 is 15.8. The molecule has 0 radical (unpaired) electrons. The molecule has 136 valence electrons. The number of hydrogen-bond donors (Lipinski definition) is 1. The highest BCUT2D eigenvalue weighted by atomic mass is 35.5. The first-order valence-electron chi connectivity index (χ1n) is 8.69. The molecule has 7 heteroatoms. The smallest absolute Gasteiger partial charge is 0.206 e. The molecule has 5 nitrogen and oxygen atoms in total. The maximum absolute atomic E-state index is 13.6. The van der Waals surface area contributed by atoms with Crippen LogP contribution in [0.3, 0.4) is 0 Å². The first-order valence-corrected chi connectivity index (χ1v) is 9.07. The molecule has 1 aliphatic heterocycles. The highest BCUT2D eigenvalue weighted by Gasteiger charge is 2.30. The summed E-state index contributed by atoms with van der Waals surface area (Å²) >= 11 is 6.34. The van der Waals surface area contributed by atoms with Crippen LogP contribution < -0.4 is 10.6 Å². The van der Waals surface area contributed by atoms with Crippen molar-refractivity contribution in [1.29, 1.82) is 0 Å². The van der Waals surface area contributed by atoms with Gasteiger partial charge < -0.3 is 15.2 Å². The predicted octanol–water partition coefficient (Wildman–Crippen LogP) is 3.28.